The van der Waals surface area contributed by atoms with Crippen LogP contribution in [0.2, 0.25) is 0 Å². The van der Waals surface area contributed by atoms with Crippen molar-refractivity contribution in [1.82, 2.24) is 10.3 Å². The predicted octanol–water partition coefficient (Wildman–Crippen LogP) is -0.363. The Bertz CT molecular complexity index is 714. The van der Waals surface area contributed by atoms with Crippen molar-refractivity contribution in [3.63, 3.8) is 0 Å². The van der Waals surface area contributed by atoms with Crippen molar-refractivity contribution in [2.24, 2.45) is 0 Å². The summed E-state index contributed by atoms with van der Waals surface area (Å²) in [4.78, 5) is 12.3. The second kappa shape index (κ2) is 2.92. The molecule has 1 aromatic heterocycles. The third-order valence-corrected chi connectivity index (χ3v) is 3.50. The number of carbonyl (C=O) groups is 1. The highest BCUT2D eigenvalue weighted by Gasteiger charge is 2.66. The van der Waals surface area contributed by atoms with E-state index in [-0.39, 0.29) is 22.8 Å². The number of aliphatic hydroxyl groups is 2. The zero-order valence-corrected chi connectivity index (χ0v) is 9.41. The minimum atomic E-state index is -2.25. The number of nitrogens with one attached hydrogen (secondary N) is 2. The first-order valence-electron chi connectivity index (χ1n) is 5.54. The van der Waals surface area contributed by atoms with Gasteiger partial charge in [0.05, 0.1) is 0 Å². The molecule has 8 nitrogen and oxygen atoms in total. The van der Waals surface area contributed by atoms with Crippen molar-refractivity contribution < 1.29 is 19.6 Å². The van der Waals surface area contributed by atoms with E-state index in [4.69, 9.17) is 0 Å². The molecule has 96 valence electrons. The third kappa shape index (κ3) is 0.996. The molecule has 0 fully saturated rings. The Balaban J connectivity index is 2.01. The molecular formula is C11H8N4O4. The van der Waals surface area contributed by atoms with Crippen LogP contribution in [0.25, 0.3) is 0 Å². The lowest BCUT2D eigenvalue weighted by atomic mass is 9.96. The van der Waals surface area contributed by atoms with Gasteiger partial charge >= 0.3 is 0 Å². The smallest absolute Gasteiger partial charge is 0.255 e. The molecule has 0 saturated heterocycles. The summed E-state index contributed by atoms with van der Waals surface area (Å²) in [6, 6.07) is 6.40. The van der Waals surface area contributed by atoms with E-state index in [0.717, 1.165) is 0 Å². The van der Waals surface area contributed by atoms with Gasteiger partial charge in [0.2, 0.25) is 23.1 Å². The molecule has 2 aromatic rings. The molecule has 2 aliphatic rings. The number of hydrogen-bond acceptors (Lipinski definition) is 8. The molecule has 8 heteroatoms. The van der Waals surface area contributed by atoms with Gasteiger partial charge in [-0.15, -0.1) is 0 Å². The Hall–Kier alpha value is -2.45. The summed E-state index contributed by atoms with van der Waals surface area (Å²) < 4.78 is 4.49. The summed E-state index contributed by atoms with van der Waals surface area (Å²) in [5, 5.41) is 33.4. The summed E-state index contributed by atoms with van der Waals surface area (Å²) in [7, 11) is 0. The summed E-state index contributed by atoms with van der Waals surface area (Å²) in [5.74, 6) is -0.461. The number of nitrogens with zero attached hydrogens (tertiary/aromatic N) is 2. The second-order valence-electron chi connectivity index (χ2n) is 4.51. The topological polar surface area (TPSA) is 121 Å². The molecule has 0 amide bonds. The first kappa shape index (κ1) is 10.5. The van der Waals surface area contributed by atoms with E-state index < -0.39 is 17.2 Å². The maximum Gasteiger partial charge on any atom is 0.255 e. The number of anilines is 2. The van der Waals surface area contributed by atoms with E-state index in [2.05, 4.69) is 25.6 Å². The second-order valence-corrected chi connectivity index (χ2v) is 4.51. The van der Waals surface area contributed by atoms with Crippen LogP contribution in [0.3, 0.4) is 0 Å². The number of benzene rings is 1. The SMILES string of the molecule is O=C1c2ccccc2[C@]2(O)Nc3nonc3N[C@@]12O. The molecule has 0 bridgehead atoms. The summed E-state index contributed by atoms with van der Waals surface area (Å²) in [6.45, 7) is 0. The van der Waals surface area contributed by atoms with Crippen molar-refractivity contribution in [3.05, 3.63) is 35.4 Å². The van der Waals surface area contributed by atoms with Crippen molar-refractivity contribution in [3.8, 4) is 0 Å². The lowest BCUT2D eigenvalue weighted by molar-refractivity contribution is -0.0917. The van der Waals surface area contributed by atoms with Crippen molar-refractivity contribution >= 4 is 17.4 Å². The Labute approximate surface area is 106 Å². The maximum absolute atomic E-state index is 12.3. The fourth-order valence-corrected chi connectivity index (χ4v) is 2.55. The van der Waals surface area contributed by atoms with E-state index in [9.17, 15) is 15.0 Å². The van der Waals surface area contributed by atoms with E-state index in [1.165, 1.54) is 6.07 Å². The molecule has 2 atom stereocenters. The Morgan fingerprint density at radius 1 is 1.05 bits per heavy atom. The molecule has 0 spiro atoms. The molecule has 0 saturated carbocycles. The first-order chi connectivity index (χ1) is 9.06. The van der Waals surface area contributed by atoms with Crippen LogP contribution >= 0.6 is 0 Å². The zero-order valence-electron chi connectivity index (χ0n) is 9.41. The van der Waals surface area contributed by atoms with Crippen LogP contribution in [0.5, 0.6) is 0 Å². The molecular weight excluding hydrogens is 252 g/mol. The zero-order chi connectivity index (χ0) is 13.3. The Morgan fingerprint density at radius 3 is 2.42 bits per heavy atom. The third-order valence-electron chi connectivity index (χ3n) is 3.50. The molecule has 0 unspecified atom stereocenters. The van der Waals surface area contributed by atoms with Crippen LogP contribution in [0.15, 0.2) is 28.9 Å². The Morgan fingerprint density at radius 2 is 1.68 bits per heavy atom. The summed E-state index contributed by atoms with van der Waals surface area (Å²) >= 11 is 0. The number of rotatable bonds is 0. The molecule has 0 radical (unpaired) electrons. The molecule has 1 aromatic carbocycles. The standard InChI is InChI=1S/C11H8N4O4/c16-7-5-3-1-2-4-6(5)10(17)11(7,18)13-9-8(12-10)14-19-15-9/h1-4,17-18H,(H,12,14)(H,13,15)/t10-,11-/m1/s1. The Kier molecular flexibility index (Phi) is 1.61. The van der Waals surface area contributed by atoms with Gasteiger partial charge < -0.3 is 20.8 Å². The number of aromatic nitrogens is 2. The molecule has 1 aliphatic heterocycles. The number of fused-ring (bicyclic) bond motifs is 4. The van der Waals surface area contributed by atoms with E-state index in [1.807, 2.05) is 0 Å². The number of Topliss-reactive ketones (excluding diaryl/α,β-unsaturated/α-hetero) is 1. The fourth-order valence-electron chi connectivity index (χ4n) is 2.55. The molecule has 4 N–H and O–H groups in total. The molecule has 4 rings (SSSR count). The molecule has 19 heavy (non-hydrogen) atoms. The van der Waals surface area contributed by atoms with Gasteiger partial charge in [-0.3, -0.25) is 4.79 Å². The normalized spacial score (nSPS) is 30.9. The minimum absolute atomic E-state index is 0.0633. The van der Waals surface area contributed by atoms with Gasteiger partial charge in [-0.25, -0.2) is 4.63 Å². The number of carbonyl (C=O) groups excluding carboxylic acids is 1. The van der Waals surface area contributed by atoms with Crippen LogP contribution in [-0.4, -0.2) is 32.0 Å². The van der Waals surface area contributed by atoms with Crippen LogP contribution in [0.1, 0.15) is 15.9 Å². The van der Waals surface area contributed by atoms with Gasteiger partial charge in [0, 0.05) is 11.1 Å². The lowest BCUT2D eigenvalue weighted by Gasteiger charge is -2.40. The minimum Gasteiger partial charge on any atom is -0.363 e. The molecule has 1 aliphatic carbocycles. The van der Waals surface area contributed by atoms with Crippen LogP contribution in [0.4, 0.5) is 11.6 Å². The highest BCUT2D eigenvalue weighted by Crippen LogP contribution is 2.48. The van der Waals surface area contributed by atoms with Crippen LogP contribution in [0, 0.1) is 0 Å². The van der Waals surface area contributed by atoms with Gasteiger partial charge in [-0.2, -0.15) is 0 Å². The quantitative estimate of drug-likeness (QED) is 0.506. The highest BCUT2D eigenvalue weighted by atomic mass is 16.6. The highest BCUT2D eigenvalue weighted by molar-refractivity contribution is 6.11. The summed E-state index contributed by atoms with van der Waals surface area (Å²) in [6.07, 6.45) is 0. The van der Waals surface area contributed by atoms with Gasteiger partial charge in [-0.05, 0) is 10.3 Å². The first-order valence-corrected chi connectivity index (χ1v) is 5.54. The fraction of sp³-hybridized carbons (Fsp3) is 0.182. The number of hydrogen-bond donors (Lipinski definition) is 4. The van der Waals surface area contributed by atoms with Gasteiger partial charge in [0.25, 0.3) is 5.72 Å². The van der Waals surface area contributed by atoms with Gasteiger partial charge in [0.1, 0.15) is 0 Å². The predicted molar refractivity (Wildman–Crippen MR) is 61.2 cm³/mol. The summed E-state index contributed by atoms with van der Waals surface area (Å²) in [5.41, 5.74) is -3.77. The largest absolute Gasteiger partial charge is 0.363 e. The van der Waals surface area contributed by atoms with E-state index in [1.54, 1.807) is 18.2 Å². The van der Waals surface area contributed by atoms with E-state index in [0.29, 0.717) is 0 Å². The number of ketones is 1. The van der Waals surface area contributed by atoms with Crippen LogP contribution in [-0.2, 0) is 5.72 Å². The maximum atomic E-state index is 12.3. The van der Waals surface area contributed by atoms with Crippen molar-refractivity contribution in [1.29, 1.82) is 0 Å². The van der Waals surface area contributed by atoms with Crippen LogP contribution < -0.4 is 10.6 Å². The van der Waals surface area contributed by atoms with Gasteiger partial charge in [-0.1, -0.05) is 24.3 Å². The van der Waals surface area contributed by atoms with Crippen molar-refractivity contribution in [2.45, 2.75) is 11.4 Å². The average Bonchev–Trinajstić information content (AvgIpc) is 2.90. The average molecular weight is 260 g/mol. The van der Waals surface area contributed by atoms with Gasteiger partial charge in [0.15, 0.2) is 0 Å². The lowest BCUT2D eigenvalue weighted by Crippen LogP contribution is -2.63. The van der Waals surface area contributed by atoms with E-state index >= 15 is 0 Å². The monoisotopic (exact) mass is 260 g/mol. The van der Waals surface area contributed by atoms with Crippen molar-refractivity contribution in [2.75, 3.05) is 10.6 Å². The molecule has 2 heterocycles.